The number of hydrogen-bond donors (Lipinski definition) is 1. The van der Waals surface area contributed by atoms with Crippen molar-refractivity contribution in [3.63, 3.8) is 0 Å². The summed E-state index contributed by atoms with van der Waals surface area (Å²) in [7, 11) is 0. The van der Waals surface area contributed by atoms with Gasteiger partial charge in [0.2, 0.25) is 0 Å². The SMILES string of the molecule is CC1CCC(C)C(NC2CCCSC2)C1. The van der Waals surface area contributed by atoms with Crippen molar-refractivity contribution >= 4 is 11.8 Å². The Morgan fingerprint density at radius 1 is 1.13 bits per heavy atom. The minimum Gasteiger partial charge on any atom is -0.310 e. The third-order valence-electron chi connectivity index (χ3n) is 4.07. The van der Waals surface area contributed by atoms with Crippen molar-refractivity contribution in [1.82, 2.24) is 5.32 Å². The lowest BCUT2D eigenvalue weighted by Gasteiger charge is -2.37. The van der Waals surface area contributed by atoms with Crippen LogP contribution in [0.1, 0.15) is 46.0 Å². The van der Waals surface area contributed by atoms with E-state index in [2.05, 4.69) is 30.9 Å². The Balaban J connectivity index is 1.80. The van der Waals surface area contributed by atoms with Gasteiger partial charge in [-0.25, -0.2) is 0 Å². The first-order chi connectivity index (χ1) is 7.25. The van der Waals surface area contributed by atoms with E-state index < -0.39 is 0 Å². The van der Waals surface area contributed by atoms with E-state index in [-0.39, 0.29) is 0 Å². The third kappa shape index (κ3) is 3.39. The fourth-order valence-electron chi connectivity index (χ4n) is 2.94. The lowest BCUT2D eigenvalue weighted by Crippen LogP contribution is -2.46. The molecule has 2 heteroatoms. The van der Waals surface area contributed by atoms with E-state index in [1.807, 2.05) is 0 Å². The van der Waals surface area contributed by atoms with Crippen LogP contribution in [-0.4, -0.2) is 23.6 Å². The Labute approximate surface area is 98.8 Å². The zero-order valence-corrected chi connectivity index (χ0v) is 11.0. The van der Waals surface area contributed by atoms with Gasteiger partial charge in [-0.2, -0.15) is 11.8 Å². The lowest BCUT2D eigenvalue weighted by molar-refractivity contribution is 0.213. The molecule has 1 aliphatic heterocycles. The largest absolute Gasteiger partial charge is 0.310 e. The molecule has 0 radical (unpaired) electrons. The van der Waals surface area contributed by atoms with Crippen LogP contribution in [0.2, 0.25) is 0 Å². The molecule has 1 heterocycles. The Morgan fingerprint density at radius 3 is 2.73 bits per heavy atom. The van der Waals surface area contributed by atoms with Crippen molar-refractivity contribution < 1.29 is 0 Å². The molecule has 0 amide bonds. The van der Waals surface area contributed by atoms with Gasteiger partial charge in [0.1, 0.15) is 0 Å². The zero-order chi connectivity index (χ0) is 10.7. The van der Waals surface area contributed by atoms with Gasteiger partial charge in [0.05, 0.1) is 0 Å². The molecular weight excluding hydrogens is 202 g/mol. The van der Waals surface area contributed by atoms with E-state index in [1.165, 1.54) is 43.6 Å². The van der Waals surface area contributed by atoms with Gasteiger partial charge >= 0.3 is 0 Å². The average Bonchev–Trinajstić information content (AvgIpc) is 2.25. The smallest absolute Gasteiger partial charge is 0.0161 e. The van der Waals surface area contributed by atoms with E-state index in [9.17, 15) is 0 Å². The standard InChI is InChI=1S/C13H25NS/c1-10-5-6-11(2)13(8-10)14-12-4-3-7-15-9-12/h10-14H,3-9H2,1-2H3. The van der Waals surface area contributed by atoms with Gasteiger partial charge in [-0.05, 0) is 43.3 Å². The van der Waals surface area contributed by atoms with Crippen LogP contribution in [0, 0.1) is 11.8 Å². The Bertz CT molecular complexity index is 189. The minimum absolute atomic E-state index is 0.803. The maximum absolute atomic E-state index is 3.92. The molecule has 2 fully saturated rings. The zero-order valence-electron chi connectivity index (χ0n) is 10.2. The maximum Gasteiger partial charge on any atom is 0.0161 e. The quantitative estimate of drug-likeness (QED) is 0.777. The normalized spacial score (nSPS) is 42.8. The Kier molecular flexibility index (Phi) is 4.39. The summed E-state index contributed by atoms with van der Waals surface area (Å²) in [5, 5.41) is 3.92. The van der Waals surface area contributed by atoms with Crippen molar-refractivity contribution in [2.75, 3.05) is 11.5 Å². The first kappa shape index (κ1) is 11.8. The molecule has 0 spiro atoms. The third-order valence-corrected chi connectivity index (χ3v) is 5.28. The first-order valence-electron chi connectivity index (χ1n) is 6.59. The van der Waals surface area contributed by atoms with Crippen LogP contribution in [0.15, 0.2) is 0 Å². The van der Waals surface area contributed by atoms with Crippen molar-refractivity contribution in [2.24, 2.45) is 11.8 Å². The summed E-state index contributed by atoms with van der Waals surface area (Å²) >= 11 is 2.13. The highest BCUT2D eigenvalue weighted by Gasteiger charge is 2.27. The van der Waals surface area contributed by atoms with Crippen LogP contribution in [0.3, 0.4) is 0 Å². The molecule has 1 saturated carbocycles. The molecule has 2 aliphatic rings. The van der Waals surface area contributed by atoms with E-state index in [4.69, 9.17) is 0 Å². The molecule has 0 aromatic heterocycles. The second-order valence-electron chi connectivity index (χ2n) is 5.58. The van der Waals surface area contributed by atoms with Crippen molar-refractivity contribution in [1.29, 1.82) is 0 Å². The molecule has 1 N–H and O–H groups in total. The predicted molar refractivity (Wildman–Crippen MR) is 69.4 cm³/mol. The summed E-state index contributed by atoms with van der Waals surface area (Å²) in [4.78, 5) is 0. The second-order valence-corrected chi connectivity index (χ2v) is 6.73. The number of nitrogens with one attached hydrogen (secondary N) is 1. The summed E-state index contributed by atoms with van der Waals surface area (Å²) in [6.07, 6.45) is 7.10. The van der Waals surface area contributed by atoms with Crippen LogP contribution in [0.4, 0.5) is 0 Å². The van der Waals surface area contributed by atoms with Crippen LogP contribution in [0.25, 0.3) is 0 Å². The summed E-state index contributed by atoms with van der Waals surface area (Å²) in [6, 6.07) is 1.61. The van der Waals surface area contributed by atoms with E-state index in [0.29, 0.717) is 0 Å². The van der Waals surface area contributed by atoms with Gasteiger partial charge < -0.3 is 5.32 Å². The Morgan fingerprint density at radius 2 is 2.00 bits per heavy atom. The monoisotopic (exact) mass is 227 g/mol. The minimum atomic E-state index is 0.803. The second kappa shape index (κ2) is 5.58. The van der Waals surface area contributed by atoms with E-state index >= 15 is 0 Å². The molecule has 1 saturated heterocycles. The van der Waals surface area contributed by atoms with Gasteiger partial charge in [-0.15, -0.1) is 0 Å². The summed E-state index contributed by atoms with van der Waals surface area (Å²) in [5.74, 6) is 4.56. The first-order valence-corrected chi connectivity index (χ1v) is 7.75. The van der Waals surface area contributed by atoms with Crippen LogP contribution >= 0.6 is 11.8 Å². The van der Waals surface area contributed by atoms with Crippen molar-refractivity contribution in [3.05, 3.63) is 0 Å². The highest BCUT2D eigenvalue weighted by molar-refractivity contribution is 7.99. The molecule has 0 bridgehead atoms. The van der Waals surface area contributed by atoms with Crippen LogP contribution < -0.4 is 5.32 Å². The average molecular weight is 227 g/mol. The highest BCUT2D eigenvalue weighted by Crippen LogP contribution is 2.29. The fourth-order valence-corrected chi connectivity index (χ4v) is 4.02. The fraction of sp³-hybridized carbons (Fsp3) is 1.00. The number of thioether (sulfide) groups is 1. The summed E-state index contributed by atoms with van der Waals surface area (Å²) < 4.78 is 0. The molecule has 88 valence electrons. The predicted octanol–water partition coefficient (Wildman–Crippen LogP) is 3.30. The van der Waals surface area contributed by atoms with Gasteiger partial charge in [0.25, 0.3) is 0 Å². The Hall–Kier alpha value is 0.310. The van der Waals surface area contributed by atoms with E-state index in [0.717, 1.165) is 23.9 Å². The maximum atomic E-state index is 3.92. The van der Waals surface area contributed by atoms with Gasteiger partial charge in [-0.1, -0.05) is 20.3 Å². The van der Waals surface area contributed by atoms with Gasteiger partial charge in [-0.3, -0.25) is 0 Å². The molecule has 1 nitrogen and oxygen atoms in total. The molecule has 0 aromatic carbocycles. The summed E-state index contributed by atoms with van der Waals surface area (Å²) in [5.41, 5.74) is 0. The molecule has 2 rings (SSSR count). The highest BCUT2D eigenvalue weighted by atomic mass is 32.2. The van der Waals surface area contributed by atoms with Crippen molar-refractivity contribution in [3.8, 4) is 0 Å². The number of rotatable bonds is 2. The molecule has 4 unspecified atom stereocenters. The lowest BCUT2D eigenvalue weighted by atomic mass is 9.79. The van der Waals surface area contributed by atoms with Gasteiger partial charge in [0.15, 0.2) is 0 Å². The molecular formula is C13H25NS. The van der Waals surface area contributed by atoms with Crippen LogP contribution in [0.5, 0.6) is 0 Å². The van der Waals surface area contributed by atoms with Crippen LogP contribution in [-0.2, 0) is 0 Å². The van der Waals surface area contributed by atoms with Gasteiger partial charge in [0, 0.05) is 17.8 Å². The molecule has 0 aromatic rings. The summed E-state index contributed by atoms with van der Waals surface area (Å²) in [6.45, 7) is 4.84. The molecule has 4 atom stereocenters. The topological polar surface area (TPSA) is 12.0 Å². The number of hydrogen-bond acceptors (Lipinski definition) is 2. The van der Waals surface area contributed by atoms with E-state index in [1.54, 1.807) is 0 Å². The van der Waals surface area contributed by atoms with Crippen molar-refractivity contribution in [2.45, 2.75) is 58.0 Å². The molecule has 1 aliphatic carbocycles. The molecule has 15 heavy (non-hydrogen) atoms.